The maximum atomic E-state index is 13.4. The molecule has 0 saturated heterocycles. The van der Waals surface area contributed by atoms with Crippen LogP contribution in [0.4, 0.5) is 4.39 Å². The Kier molecular flexibility index (Phi) is 6.45. The zero-order chi connectivity index (χ0) is 19.1. The third-order valence-corrected chi connectivity index (χ3v) is 4.33. The normalized spacial score (nSPS) is 11.8. The number of ether oxygens (including phenoxy) is 1. The predicted molar refractivity (Wildman–Crippen MR) is 99.8 cm³/mol. The van der Waals surface area contributed by atoms with E-state index in [2.05, 4.69) is 14.1 Å². The lowest BCUT2D eigenvalue weighted by atomic mass is 10.1. The van der Waals surface area contributed by atoms with Crippen LogP contribution in [0.25, 0.3) is 11.3 Å². The van der Waals surface area contributed by atoms with Crippen LogP contribution in [0, 0.1) is 5.82 Å². The molecule has 27 heavy (non-hydrogen) atoms. The highest BCUT2D eigenvalue weighted by Crippen LogP contribution is 2.28. The molecule has 3 rings (SSSR count). The highest BCUT2D eigenvalue weighted by Gasteiger charge is 2.14. The van der Waals surface area contributed by atoms with Crippen LogP contribution in [0.1, 0.15) is 18.1 Å². The molecule has 0 radical (unpaired) electrons. The van der Waals surface area contributed by atoms with Gasteiger partial charge in [-0.05, 0) is 24.1 Å². The first-order chi connectivity index (χ1) is 13.1. The molecule has 0 saturated carbocycles. The summed E-state index contributed by atoms with van der Waals surface area (Å²) in [5, 5.41) is 12.8. The number of carbonyl (C=O) groups is 1. The monoisotopic (exact) mass is 387 g/mol. The zero-order valence-electron chi connectivity index (χ0n) is 14.3. The Hall–Kier alpha value is -2.84. The highest BCUT2D eigenvalue weighted by molar-refractivity contribution is 6.99. The minimum absolute atomic E-state index is 0.185. The van der Waals surface area contributed by atoms with Crippen molar-refractivity contribution < 1.29 is 19.0 Å². The van der Waals surface area contributed by atoms with Crippen molar-refractivity contribution in [2.75, 3.05) is 13.2 Å². The fourth-order valence-corrected chi connectivity index (χ4v) is 2.98. The lowest BCUT2D eigenvalue weighted by molar-refractivity contribution is -0.123. The molecule has 0 aliphatic rings. The van der Waals surface area contributed by atoms with E-state index in [4.69, 9.17) is 4.74 Å². The van der Waals surface area contributed by atoms with Gasteiger partial charge in [0.05, 0.1) is 17.8 Å². The van der Waals surface area contributed by atoms with Crippen LogP contribution in [-0.4, -0.2) is 32.9 Å². The van der Waals surface area contributed by atoms with Gasteiger partial charge >= 0.3 is 0 Å². The molecule has 0 aliphatic carbocycles. The van der Waals surface area contributed by atoms with E-state index in [9.17, 15) is 14.3 Å². The minimum atomic E-state index is -0.644. The molecule has 1 aromatic heterocycles. The molecule has 3 aromatic rings. The van der Waals surface area contributed by atoms with Crippen molar-refractivity contribution in [3.8, 4) is 17.1 Å². The van der Waals surface area contributed by atoms with E-state index in [1.807, 2.05) is 30.3 Å². The van der Waals surface area contributed by atoms with Gasteiger partial charge in [0.15, 0.2) is 6.61 Å². The number of aliphatic hydroxyl groups excluding tert-OH is 1. The van der Waals surface area contributed by atoms with Gasteiger partial charge in [-0.3, -0.25) is 4.79 Å². The first-order valence-corrected chi connectivity index (χ1v) is 9.07. The van der Waals surface area contributed by atoms with Crippen molar-refractivity contribution >= 4 is 17.6 Å². The summed E-state index contributed by atoms with van der Waals surface area (Å²) in [4.78, 5) is 11.9. The number of hydrogen-bond acceptors (Lipinski definition) is 6. The molecular weight excluding hydrogens is 369 g/mol. The SMILES string of the molecule is O=C(COc1nsnc1-c1cccc(F)c1)NCCC(O)c1ccccc1. The third-order valence-electron chi connectivity index (χ3n) is 3.82. The van der Waals surface area contributed by atoms with Crippen LogP contribution in [0.3, 0.4) is 0 Å². The summed E-state index contributed by atoms with van der Waals surface area (Å²) in [5.74, 6) is -0.542. The lowest BCUT2D eigenvalue weighted by Crippen LogP contribution is -2.30. The van der Waals surface area contributed by atoms with Crippen molar-refractivity contribution in [2.24, 2.45) is 0 Å². The smallest absolute Gasteiger partial charge is 0.258 e. The molecule has 1 unspecified atom stereocenters. The van der Waals surface area contributed by atoms with Crippen LogP contribution in [0.15, 0.2) is 54.6 Å². The molecule has 1 heterocycles. The molecule has 0 bridgehead atoms. The molecule has 0 fully saturated rings. The molecule has 1 atom stereocenters. The first kappa shape index (κ1) is 18.9. The number of aliphatic hydroxyl groups is 1. The molecular formula is C19H18FN3O3S. The summed E-state index contributed by atoms with van der Waals surface area (Å²) in [6, 6.07) is 15.2. The minimum Gasteiger partial charge on any atom is -0.465 e. The first-order valence-electron chi connectivity index (χ1n) is 8.34. The van der Waals surface area contributed by atoms with Gasteiger partial charge in [0.1, 0.15) is 11.5 Å². The maximum Gasteiger partial charge on any atom is 0.258 e. The molecule has 140 valence electrons. The van der Waals surface area contributed by atoms with Crippen molar-refractivity contribution in [1.82, 2.24) is 14.1 Å². The van der Waals surface area contributed by atoms with Gasteiger partial charge in [0, 0.05) is 12.1 Å². The van der Waals surface area contributed by atoms with Crippen LogP contribution in [-0.2, 0) is 4.79 Å². The third kappa shape index (κ3) is 5.32. The van der Waals surface area contributed by atoms with Crippen LogP contribution in [0.2, 0.25) is 0 Å². The number of hydrogen-bond donors (Lipinski definition) is 2. The van der Waals surface area contributed by atoms with Gasteiger partial charge in [-0.2, -0.15) is 4.37 Å². The van der Waals surface area contributed by atoms with E-state index in [-0.39, 0.29) is 24.2 Å². The van der Waals surface area contributed by atoms with Crippen molar-refractivity contribution in [2.45, 2.75) is 12.5 Å². The average molecular weight is 387 g/mol. The molecule has 2 aromatic carbocycles. The average Bonchev–Trinajstić information content (AvgIpc) is 3.15. The number of amides is 1. The van der Waals surface area contributed by atoms with Gasteiger partial charge in [-0.25, -0.2) is 4.39 Å². The van der Waals surface area contributed by atoms with E-state index in [1.165, 1.54) is 12.1 Å². The Labute approximate surface area is 160 Å². The number of rotatable bonds is 8. The Bertz CT molecular complexity index is 889. The zero-order valence-corrected chi connectivity index (χ0v) is 15.2. The summed E-state index contributed by atoms with van der Waals surface area (Å²) in [6.45, 7) is 0.0689. The number of halogens is 1. The molecule has 2 N–H and O–H groups in total. The summed E-state index contributed by atoms with van der Waals surface area (Å²) >= 11 is 0.926. The van der Waals surface area contributed by atoms with Crippen LogP contribution >= 0.6 is 11.7 Å². The number of aromatic nitrogens is 2. The Balaban J connectivity index is 1.47. The van der Waals surface area contributed by atoms with Crippen LogP contribution < -0.4 is 10.1 Å². The van der Waals surface area contributed by atoms with Crippen LogP contribution in [0.5, 0.6) is 5.88 Å². The highest BCUT2D eigenvalue weighted by atomic mass is 32.1. The number of nitrogens with zero attached hydrogens (tertiary/aromatic N) is 2. The summed E-state index contributed by atoms with van der Waals surface area (Å²) in [6.07, 6.45) is -0.252. The Morgan fingerprint density at radius 3 is 2.78 bits per heavy atom. The number of benzene rings is 2. The molecule has 0 spiro atoms. The van der Waals surface area contributed by atoms with Gasteiger partial charge in [-0.1, -0.05) is 42.5 Å². The van der Waals surface area contributed by atoms with Crippen molar-refractivity contribution in [3.05, 3.63) is 66.0 Å². The molecule has 1 amide bonds. The second-order valence-electron chi connectivity index (χ2n) is 5.78. The van der Waals surface area contributed by atoms with Gasteiger partial charge < -0.3 is 15.2 Å². The largest absolute Gasteiger partial charge is 0.465 e. The Morgan fingerprint density at radius 1 is 1.19 bits per heavy atom. The fourth-order valence-electron chi connectivity index (χ4n) is 2.46. The van der Waals surface area contributed by atoms with E-state index >= 15 is 0 Å². The van der Waals surface area contributed by atoms with Crippen molar-refractivity contribution in [3.63, 3.8) is 0 Å². The van der Waals surface area contributed by atoms with E-state index in [0.717, 1.165) is 17.3 Å². The summed E-state index contributed by atoms with van der Waals surface area (Å²) in [7, 11) is 0. The second-order valence-corrected chi connectivity index (χ2v) is 6.31. The predicted octanol–water partition coefficient (Wildman–Crippen LogP) is 2.96. The van der Waals surface area contributed by atoms with Gasteiger partial charge in [0.2, 0.25) is 0 Å². The van der Waals surface area contributed by atoms with E-state index in [0.29, 0.717) is 24.2 Å². The van der Waals surface area contributed by atoms with Gasteiger partial charge in [-0.15, -0.1) is 4.37 Å². The van der Waals surface area contributed by atoms with Gasteiger partial charge in [0.25, 0.3) is 11.8 Å². The van der Waals surface area contributed by atoms with Crippen molar-refractivity contribution in [1.29, 1.82) is 0 Å². The maximum absolute atomic E-state index is 13.4. The summed E-state index contributed by atoms with van der Waals surface area (Å²) < 4.78 is 26.9. The second kappa shape index (κ2) is 9.20. The number of nitrogens with one attached hydrogen (secondary N) is 1. The summed E-state index contributed by atoms with van der Waals surface area (Å²) in [5.41, 5.74) is 1.73. The van der Waals surface area contributed by atoms with E-state index < -0.39 is 6.10 Å². The van der Waals surface area contributed by atoms with E-state index in [1.54, 1.807) is 12.1 Å². The quantitative estimate of drug-likeness (QED) is 0.621. The fraction of sp³-hybridized carbons (Fsp3) is 0.211. The molecule has 6 nitrogen and oxygen atoms in total. The standard InChI is InChI=1S/C19H18FN3O3S/c20-15-8-4-7-14(11-15)18-19(23-27-22-18)26-12-17(25)21-10-9-16(24)13-5-2-1-3-6-13/h1-8,11,16,24H,9-10,12H2,(H,21,25). The lowest BCUT2D eigenvalue weighted by Gasteiger charge is -2.11. The number of carbonyl (C=O) groups excluding carboxylic acids is 1. The Morgan fingerprint density at radius 2 is 2.00 bits per heavy atom. The topological polar surface area (TPSA) is 84.3 Å². The molecule has 8 heteroatoms. The molecule has 0 aliphatic heterocycles.